The highest BCUT2D eigenvalue weighted by atomic mass is 35.5. The fourth-order valence-electron chi connectivity index (χ4n) is 1.35. The van der Waals surface area contributed by atoms with Gasteiger partial charge in [0, 0.05) is 13.7 Å². The van der Waals surface area contributed by atoms with Crippen LogP contribution in [-0.4, -0.2) is 39.4 Å². The molecule has 0 spiro atoms. The summed E-state index contributed by atoms with van der Waals surface area (Å²) >= 11 is 6.05. The molecule has 18 heavy (non-hydrogen) atoms. The Hall–Kier alpha value is -1.10. The minimum absolute atomic E-state index is 0.210. The number of halogens is 1. The van der Waals surface area contributed by atoms with Crippen molar-refractivity contribution < 1.29 is 14.3 Å². The van der Waals surface area contributed by atoms with E-state index >= 15 is 0 Å². The molecule has 1 N–H and O–H groups in total. The Balaban J connectivity index is 2.20. The van der Waals surface area contributed by atoms with Crippen LogP contribution in [0.4, 0.5) is 0 Å². The molecule has 5 heteroatoms. The van der Waals surface area contributed by atoms with Gasteiger partial charge in [-0.05, 0) is 5.56 Å². The number of hydrogen-bond acceptors (Lipinski definition) is 3. The first kappa shape index (κ1) is 15.0. The number of benzene rings is 1. The second-order valence-corrected chi connectivity index (χ2v) is 4.11. The second-order valence-electron chi connectivity index (χ2n) is 3.67. The summed E-state index contributed by atoms with van der Waals surface area (Å²) in [6.45, 7) is 1.97. The lowest BCUT2D eigenvalue weighted by atomic mass is 10.1. The van der Waals surface area contributed by atoms with Crippen molar-refractivity contribution in [1.29, 1.82) is 0 Å². The van der Waals surface area contributed by atoms with E-state index in [4.69, 9.17) is 21.1 Å². The molecule has 4 nitrogen and oxygen atoms in total. The van der Waals surface area contributed by atoms with Gasteiger partial charge in [-0.15, -0.1) is 11.6 Å². The van der Waals surface area contributed by atoms with Gasteiger partial charge >= 0.3 is 0 Å². The highest BCUT2D eigenvalue weighted by molar-refractivity contribution is 6.30. The zero-order valence-corrected chi connectivity index (χ0v) is 11.2. The van der Waals surface area contributed by atoms with Crippen LogP contribution in [0.3, 0.4) is 0 Å². The van der Waals surface area contributed by atoms with E-state index in [2.05, 4.69) is 5.32 Å². The average molecular weight is 272 g/mol. The number of rotatable bonds is 8. The van der Waals surface area contributed by atoms with Crippen molar-refractivity contribution in [3.63, 3.8) is 0 Å². The molecular formula is C13H18ClNO3. The van der Waals surface area contributed by atoms with Gasteiger partial charge in [0.2, 0.25) is 5.91 Å². The zero-order valence-electron chi connectivity index (χ0n) is 10.4. The maximum Gasteiger partial charge on any atom is 0.242 e. The SMILES string of the molecule is COCCOCCNC(=O)C(Cl)c1ccccc1. The fourth-order valence-corrected chi connectivity index (χ4v) is 1.58. The highest BCUT2D eigenvalue weighted by Crippen LogP contribution is 2.19. The van der Waals surface area contributed by atoms with Crippen LogP contribution in [-0.2, 0) is 14.3 Å². The fraction of sp³-hybridized carbons (Fsp3) is 0.462. The molecule has 1 aromatic carbocycles. The lowest BCUT2D eigenvalue weighted by molar-refractivity contribution is -0.121. The summed E-state index contributed by atoms with van der Waals surface area (Å²) in [4.78, 5) is 11.7. The monoisotopic (exact) mass is 271 g/mol. The van der Waals surface area contributed by atoms with Crippen LogP contribution in [0.25, 0.3) is 0 Å². The third kappa shape index (κ3) is 5.49. The average Bonchev–Trinajstić information content (AvgIpc) is 2.42. The third-order valence-electron chi connectivity index (χ3n) is 2.30. The first-order valence-electron chi connectivity index (χ1n) is 5.79. The van der Waals surface area contributed by atoms with Gasteiger partial charge in [0.1, 0.15) is 5.38 Å². The van der Waals surface area contributed by atoms with E-state index in [0.717, 1.165) is 5.56 Å². The molecule has 0 aliphatic heterocycles. The van der Waals surface area contributed by atoms with Crippen LogP contribution in [0.5, 0.6) is 0 Å². The van der Waals surface area contributed by atoms with Gasteiger partial charge < -0.3 is 14.8 Å². The zero-order chi connectivity index (χ0) is 13.2. The van der Waals surface area contributed by atoms with Crippen LogP contribution in [0, 0.1) is 0 Å². The number of nitrogens with one attached hydrogen (secondary N) is 1. The molecule has 1 atom stereocenters. The number of amides is 1. The number of alkyl halides is 1. The number of hydrogen-bond donors (Lipinski definition) is 1. The third-order valence-corrected chi connectivity index (χ3v) is 2.75. The molecule has 1 unspecified atom stereocenters. The summed E-state index contributed by atoms with van der Waals surface area (Å²) in [6, 6.07) is 9.24. The van der Waals surface area contributed by atoms with E-state index in [-0.39, 0.29) is 5.91 Å². The van der Waals surface area contributed by atoms with Gasteiger partial charge in [0.25, 0.3) is 0 Å². The van der Waals surface area contributed by atoms with Crippen molar-refractivity contribution in [2.45, 2.75) is 5.38 Å². The lowest BCUT2D eigenvalue weighted by Gasteiger charge is -2.10. The summed E-state index contributed by atoms with van der Waals surface area (Å²) in [5, 5.41) is 2.06. The molecule has 1 rings (SSSR count). The Morgan fingerprint density at radius 3 is 2.67 bits per heavy atom. The number of carbonyl (C=O) groups excluding carboxylic acids is 1. The molecule has 0 aliphatic carbocycles. The number of carbonyl (C=O) groups is 1. The molecule has 1 amide bonds. The Morgan fingerprint density at radius 2 is 2.00 bits per heavy atom. The molecule has 0 fully saturated rings. The predicted molar refractivity (Wildman–Crippen MR) is 70.7 cm³/mol. The molecular weight excluding hydrogens is 254 g/mol. The summed E-state index contributed by atoms with van der Waals surface area (Å²) < 4.78 is 10.1. The maximum atomic E-state index is 11.7. The minimum Gasteiger partial charge on any atom is -0.382 e. The van der Waals surface area contributed by atoms with Crippen LogP contribution in [0.15, 0.2) is 30.3 Å². The molecule has 0 aromatic heterocycles. The molecule has 100 valence electrons. The quantitative estimate of drug-likeness (QED) is 0.579. The predicted octanol–water partition coefficient (Wildman–Crippen LogP) is 1.75. The van der Waals surface area contributed by atoms with Crippen LogP contribution in [0.1, 0.15) is 10.9 Å². The Labute approximate surface area is 112 Å². The van der Waals surface area contributed by atoms with E-state index in [0.29, 0.717) is 26.4 Å². The van der Waals surface area contributed by atoms with Gasteiger partial charge in [0.05, 0.1) is 19.8 Å². The van der Waals surface area contributed by atoms with Crippen LogP contribution < -0.4 is 5.32 Å². The summed E-state index contributed by atoms with van der Waals surface area (Å²) in [5.41, 5.74) is 0.789. The van der Waals surface area contributed by atoms with E-state index < -0.39 is 5.38 Å². The largest absolute Gasteiger partial charge is 0.382 e. The van der Waals surface area contributed by atoms with Crippen molar-refractivity contribution in [1.82, 2.24) is 5.32 Å². The normalized spacial score (nSPS) is 12.1. The summed E-state index contributed by atoms with van der Waals surface area (Å²) in [7, 11) is 1.61. The van der Waals surface area contributed by atoms with Crippen molar-refractivity contribution in [2.75, 3.05) is 33.5 Å². The van der Waals surface area contributed by atoms with Crippen molar-refractivity contribution in [3.8, 4) is 0 Å². The van der Waals surface area contributed by atoms with Crippen molar-refractivity contribution >= 4 is 17.5 Å². The molecule has 0 saturated carbocycles. The summed E-state index contributed by atoms with van der Waals surface area (Å²) in [6.07, 6.45) is 0. The Morgan fingerprint density at radius 1 is 1.28 bits per heavy atom. The van der Waals surface area contributed by atoms with E-state index in [1.165, 1.54) is 0 Å². The smallest absolute Gasteiger partial charge is 0.242 e. The molecule has 0 bridgehead atoms. The number of methoxy groups -OCH3 is 1. The molecule has 1 aromatic rings. The van der Waals surface area contributed by atoms with Gasteiger partial charge in [-0.3, -0.25) is 4.79 Å². The Bertz CT molecular complexity index is 345. The molecule has 0 heterocycles. The first-order chi connectivity index (χ1) is 8.75. The van der Waals surface area contributed by atoms with Crippen molar-refractivity contribution in [3.05, 3.63) is 35.9 Å². The lowest BCUT2D eigenvalue weighted by Crippen LogP contribution is -2.30. The van der Waals surface area contributed by atoms with Crippen LogP contribution >= 0.6 is 11.6 Å². The molecule has 0 radical (unpaired) electrons. The topological polar surface area (TPSA) is 47.6 Å². The number of ether oxygens (including phenoxy) is 2. The van der Waals surface area contributed by atoms with E-state index in [1.54, 1.807) is 7.11 Å². The maximum absolute atomic E-state index is 11.7. The minimum atomic E-state index is -0.662. The summed E-state index contributed by atoms with van der Waals surface area (Å²) in [5.74, 6) is -0.210. The van der Waals surface area contributed by atoms with Gasteiger partial charge in [-0.25, -0.2) is 0 Å². The second kappa shape index (κ2) is 8.91. The van der Waals surface area contributed by atoms with Crippen molar-refractivity contribution in [2.24, 2.45) is 0 Å². The van der Waals surface area contributed by atoms with Gasteiger partial charge in [-0.1, -0.05) is 30.3 Å². The standard InChI is InChI=1S/C13H18ClNO3/c1-17-9-10-18-8-7-15-13(16)12(14)11-5-3-2-4-6-11/h2-6,12H,7-10H2,1H3,(H,15,16). The molecule has 0 saturated heterocycles. The van der Waals surface area contributed by atoms with Gasteiger partial charge in [-0.2, -0.15) is 0 Å². The Kier molecular flexibility index (Phi) is 7.41. The van der Waals surface area contributed by atoms with E-state index in [9.17, 15) is 4.79 Å². The highest BCUT2D eigenvalue weighted by Gasteiger charge is 2.16. The molecule has 0 aliphatic rings. The van der Waals surface area contributed by atoms with Gasteiger partial charge in [0.15, 0.2) is 0 Å². The van der Waals surface area contributed by atoms with E-state index in [1.807, 2.05) is 30.3 Å². The van der Waals surface area contributed by atoms with Crippen LogP contribution in [0.2, 0.25) is 0 Å². The first-order valence-corrected chi connectivity index (χ1v) is 6.22.